The van der Waals surface area contributed by atoms with Gasteiger partial charge in [-0.1, -0.05) is 0 Å². The highest BCUT2D eigenvalue weighted by molar-refractivity contribution is 7.99. The van der Waals surface area contributed by atoms with E-state index in [-0.39, 0.29) is 11.8 Å². The van der Waals surface area contributed by atoms with Crippen LogP contribution >= 0.6 is 11.8 Å². The molecule has 2 unspecified atom stereocenters. The first kappa shape index (κ1) is 9.34. The highest BCUT2D eigenvalue weighted by Gasteiger charge is 2.25. The predicted molar refractivity (Wildman–Crippen MR) is 54.8 cm³/mol. The number of hydrogen-bond acceptors (Lipinski definition) is 3. The Balaban J connectivity index is 1.76. The fourth-order valence-electron chi connectivity index (χ4n) is 1.84. The molecular weight excluding hydrogens is 184 g/mol. The van der Waals surface area contributed by atoms with Crippen molar-refractivity contribution in [2.24, 2.45) is 5.92 Å². The Morgan fingerprint density at radius 3 is 3.00 bits per heavy atom. The van der Waals surface area contributed by atoms with E-state index in [9.17, 15) is 4.79 Å². The summed E-state index contributed by atoms with van der Waals surface area (Å²) in [6.45, 7) is 2.00. The van der Waals surface area contributed by atoms with E-state index in [1.54, 1.807) is 0 Å². The summed E-state index contributed by atoms with van der Waals surface area (Å²) in [6, 6.07) is 0.387. The summed E-state index contributed by atoms with van der Waals surface area (Å²) in [5.74, 6) is 2.73. The van der Waals surface area contributed by atoms with E-state index in [0.717, 1.165) is 37.4 Å². The third-order valence-corrected chi connectivity index (χ3v) is 3.87. The number of amides is 1. The van der Waals surface area contributed by atoms with E-state index in [1.165, 1.54) is 0 Å². The van der Waals surface area contributed by atoms with Gasteiger partial charge in [-0.15, -0.1) is 0 Å². The highest BCUT2D eigenvalue weighted by atomic mass is 32.2. The second-order valence-electron chi connectivity index (χ2n) is 3.76. The lowest BCUT2D eigenvalue weighted by atomic mass is 10.1. The summed E-state index contributed by atoms with van der Waals surface area (Å²) in [5.41, 5.74) is 0. The molecule has 0 aromatic heterocycles. The van der Waals surface area contributed by atoms with Gasteiger partial charge in [0.05, 0.1) is 0 Å². The van der Waals surface area contributed by atoms with Crippen molar-refractivity contribution in [1.29, 1.82) is 0 Å². The van der Waals surface area contributed by atoms with Crippen LogP contribution in [0.3, 0.4) is 0 Å². The largest absolute Gasteiger partial charge is 0.352 e. The third kappa shape index (κ3) is 2.38. The first-order valence-electron chi connectivity index (χ1n) is 4.95. The summed E-state index contributed by atoms with van der Waals surface area (Å²) < 4.78 is 0. The maximum Gasteiger partial charge on any atom is 0.224 e. The second-order valence-corrected chi connectivity index (χ2v) is 4.91. The van der Waals surface area contributed by atoms with E-state index >= 15 is 0 Å². The van der Waals surface area contributed by atoms with Crippen LogP contribution in [-0.4, -0.2) is 36.5 Å². The van der Waals surface area contributed by atoms with Crippen LogP contribution in [0.4, 0.5) is 0 Å². The van der Waals surface area contributed by atoms with Gasteiger partial charge in [-0.2, -0.15) is 11.8 Å². The SMILES string of the molecule is O=C(NC1CCNC1)C1CCSC1. The molecule has 2 fully saturated rings. The van der Waals surface area contributed by atoms with Crippen molar-refractivity contribution in [3.05, 3.63) is 0 Å². The monoisotopic (exact) mass is 200 g/mol. The van der Waals surface area contributed by atoms with E-state index in [1.807, 2.05) is 11.8 Å². The fraction of sp³-hybridized carbons (Fsp3) is 0.889. The Morgan fingerprint density at radius 1 is 1.46 bits per heavy atom. The first-order chi connectivity index (χ1) is 6.36. The van der Waals surface area contributed by atoms with Gasteiger partial charge < -0.3 is 10.6 Å². The van der Waals surface area contributed by atoms with Crippen molar-refractivity contribution in [3.8, 4) is 0 Å². The zero-order valence-corrected chi connectivity index (χ0v) is 8.53. The van der Waals surface area contributed by atoms with Crippen molar-refractivity contribution in [1.82, 2.24) is 10.6 Å². The summed E-state index contributed by atoms with van der Waals surface area (Å²) in [5, 5.41) is 6.35. The molecule has 2 atom stereocenters. The standard InChI is InChI=1S/C9H16N2OS/c12-9(7-2-4-13-6-7)11-8-1-3-10-5-8/h7-8,10H,1-6H2,(H,11,12). The van der Waals surface area contributed by atoms with E-state index < -0.39 is 0 Å². The number of carbonyl (C=O) groups excluding carboxylic acids is 1. The Bertz CT molecular complexity index is 186. The molecule has 0 aromatic rings. The average Bonchev–Trinajstić information content (AvgIpc) is 2.74. The molecule has 2 N–H and O–H groups in total. The van der Waals surface area contributed by atoms with Crippen molar-refractivity contribution < 1.29 is 4.79 Å². The normalized spacial score (nSPS) is 33.5. The van der Waals surface area contributed by atoms with Gasteiger partial charge in [0.1, 0.15) is 0 Å². The van der Waals surface area contributed by atoms with Crippen LogP contribution in [-0.2, 0) is 4.79 Å². The van der Waals surface area contributed by atoms with E-state index in [0.29, 0.717) is 6.04 Å². The molecule has 2 aliphatic heterocycles. The molecular formula is C9H16N2OS. The zero-order valence-electron chi connectivity index (χ0n) is 7.71. The van der Waals surface area contributed by atoms with Crippen LogP contribution in [0, 0.1) is 5.92 Å². The number of hydrogen-bond donors (Lipinski definition) is 2. The van der Waals surface area contributed by atoms with E-state index in [2.05, 4.69) is 10.6 Å². The van der Waals surface area contributed by atoms with Gasteiger partial charge in [0.15, 0.2) is 0 Å². The van der Waals surface area contributed by atoms with Gasteiger partial charge in [0.2, 0.25) is 5.91 Å². The quantitative estimate of drug-likeness (QED) is 0.670. The van der Waals surface area contributed by atoms with Gasteiger partial charge in [0, 0.05) is 24.3 Å². The Hall–Kier alpha value is -0.220. The maximum atomic E-state index is 11.6. The number of nitrogens with one attached hydrogen (secondary N) is 2. The summed E-state index contributed by atoms with van der Waals surface area (Å²) in [7, 11) is 0. The number of carbonyl (C=O) groups is 1. The molecule has 2 aliphatic rings. The lowest BCUT2D eigenvalue weighted by molar-refractivity contribution is -0.124. The Kier molecular flexibility index (Phi) is 3.11. The molecule has 1 amide bonds. The molecule has 13 heavy (non-hydrogen) atoms. The van der Waals surface area contributed by atoms with Gasteiger partial charge >= 0.3 is 0 Å². The second kappa shape index (κ2) is 4.33. The molecule has 3 nitrogen and oxygen atoms in total. The van der Waals surface area contributed by atoms with Crippen LogP contribution < -0.4 is 10.6 Å². The third-order valence-electron chi connectivity index (χ3n) is 2.71. The van der Waals surface area contributed by atoms with Crippen molar-refractivity contribution in [2.45, 2.75) is 18.9 Å². The molecule has 0 saturated carbocycles. The van der Waals surface area contributed by atoms with Crippen LogP contribution in [0.15, 0.2) is 0 Å². The van der Waals surface area contributed by atoms with Crippen LogP contribution in [0.2, 0.25) is 0 Å². The van der Waals surface area contributed by atoms with Gasteiger partial charge in [-0.3, -0.25) is 4.79 Å². The smallest absolute Gasteiger partial charge is 0.224 e. The van der Waals surface area contributed by atoms with Gasteiger partial charge in [-0.25, -0.2) is 0 Å². The predicted octanol–water partition coefficient (Wildman–Crippen LogP) is 0.218. The number of thioether (sulfide) groups is 1. The first-order valence-corrected chi connectivity index (χ1v) is 6.10. The summed E-state index contributed by atoms with van der Waals surface area (Å²) in [6.07, 6.45) is 2.16. The topological polar surface area (TPSA) is 41.1 Å². The van der Waals surface area contributed by atoms with E-state index in [4.69, 9.17) is 0 Å². The zero-order chi connectivity index (χ0) is 9.10. The Morgan fingerprint density at radius 2 is 2.38 bits per heavy atom. The molecule has 0 radical (unpaired) electrons. The minimum absolute atomic E-state index is 0.277. The van der Waals surface area contributed by atoms with Crippen molar-refractivity contribution in [2.75, 3.05) is 24.6 Å². The molecule has 0 spiro atoms. The van der Waals surface area contributed by atoms with Gasteiger partial charge in [-0.05, 0) is 25.1 Å². The molecule has 2 saturated heterocycles. The van der Waals surface area contributed by atoms with Crippen molar-refractivity contribution in [3.63, 3.8) is 0 Å². The summed E-state index contributed by atoms with van der Waals surface area (Å²) >= 11 is 1.89. The minimum atomic E-state index is 0.277. The van der Waals surface area contributed by atoms with Crippen LogP contribution in [0.1, 0.15) is 12.8 Å². The number of rotatable bonds is 2. The molecule has 0 bridgehead atoms. The molecule has 74 valence electrons. The van der Waals surface area contributed by atoms with Crippen LogP contribution in [0.5, 0.6) is 0 Å². The average molecular weight is 200 g/mol. The minimum Gasteiger partial charge on any atom is -0.352 e. The molecule has 2 heterocycles. The van der Waals surface area contributed by atoms with Gasteiger partial charge in [0.25, 0.3) is 0 Å². The Labute approximate surface area is 83.0 Å². The highest BCUT2D eigenvalue weighted by Crippen LogP contribution is 2.23. The fourth-order valence-corrected chi connectivity index (χ4v) is 3.06. The maximum absolute atomic E-state index is 11.6. The lowest BCUT2D eigenvalue weighted by Crippen LogP contribution is -2.40. The molecule has 0 aromatic carbocycles. The summed E-state index contributed by atoms with van der Waals surface area (Å²) in [4.78, 5) is 11.6. The molecule has 2 rings (SSSR count). The molecule has 4 heteroatoms. The van der Waals surface area contributed by atoms with Crippen molar-refractivity contribution >= 4 is 17.7 Å². The van der Waals surface area contributed by atoms with Crippen LogP contribution in [0.25, 0.3) is 0 Å². The molecule has 0 aliphatic carbocycles. The lowest BCUT2D eigenvalue weighted by Gasteiger charge is -2.14.